The maximum Gasteiger partial charge on any atom is 0.407 e. The second-order valence-electron chi connectivity index (χ2n) is 5.64. The van der Waals surface area contributed by atoms with Crippen LogP contribution in [-0.2, 0) is 0 Å². The number of anilines is 1. The van der Waals surface area contributed by atoms with E-state index in [9.17, 15) is 4.79 Å². The lowest BCUT2D eigenvalue weighted by Gasteiger charge is -2.35. The van der Waals surface area contributed by atoms with Crippen molar-refractivity contribution in [1.82, 2.24) is 9.47 Å². The Morgan fingerprint density at radius 3 is 2.61 bits per heavy atom. The summed E-state index contributed by atoms with van der Waals surface area (Å²) < 4.78 is 2.21. The van der Waals surface area contributed by atoms with Crippen LogP contribution in [-0.4, -0.2) is 46.8 Å². The number of para-hydroxylation sites is 1. The van der Waals surface area contributed by atoms with Gasteiger partial charge in [0.25, 0.3) is 0 Å². The minimum atomic E-state index is -0.829. The Labute approximate surface area is 138 Å². The van der Waals surface area contributed by atoms with E-state index in [4.69, 9.17) is 5.11 Å². The molecule has 0 bridgehead atoms. The van der Waals surface area contributed by atoms with E-state index in [2.05, 4.69) is 56.8 Å². The first kappa shape index (κ1) is 14.1. The van der Waals surface area contributed by atoms with E-state index in [1.54, 1.807) is 11.3 Å². The number of thiophene rings is 1. The lowest BCUT2D eigenvalue weighted by Crippen LogP contribution is -2.48. The molecule has 3 heterocycles. The summed E-state index contributed by atoms with van der Waals surface area (Å²) in [7, 11) is 0. The summed E-state index contributed by atoms with van der Waals surface area (Å²) >= 11 is 1.68. The molecule has 3 aromatic rings. The van der Waals surface area contributed by atoms with E-state index >= 15 is 0 Å². The molecule has 0 unspecified atom stereocenters. The van der Waals surface area contributed by atoms with Crippen LogP contribution in [0.5, 0.6) is 0 Å². The standard InChI is InChI=1S/C17H17N3O2S/c21-17(22)19-9-7-18(8-10-19)15-3-1-2-13-4-6-20(16(13)15)14-5-11-23-12-14/h1-6,11-12H,7-10H2,(H,21,22). The minimum absolute atomic E-state index is 0.547. The number of hydrogen-bond acceptors (Lipinski definition) is 3. The van der Waals surface area contributed by atoms with E-state index in [0.29, 0.717) is 13.1 Å². The summed E-state index contributed by atoms with van der Waals surface area (Å²) in [6.07, 6.45) is 1.27. The molecule has 0 radical (unpaired) electrons. The van der Waals surface area contributed by atoms with E-state index in [1.165, 1.54) is 27.2 Å². The van der Waals surface area contributed by atoms with Gasteiger partial charge in [0.1, 0.15) is 0 Å². The van der Waals surface area contributed by atoms with Crippen molar-refractivity contribution in [2.24, 2.45) is 0 Å². The van der Waals surface area contributed by atoms with Gasteiger partial charge < -0.3 is 19.5 Å². The fourth-order valence-corrected chi connectivity index (χ4v) is 3.81. The molecule has 1 amide bonds. The predicted molar refractivity (Wildman–Crippen MR) is 93.0 cm³/mol. The summed E-state index contributed by atoms with van der Waals surface area (Å²) in [5.41, 5.74) is 3.53. The zero-order valence-electron chi connectivity index (χ0n) is 12.6. The van der Waals surface area contributed by atoms with E-state index in [0.717, 1.165) is 13.1 Å². The third kappa shape index (κ3) is 2.45. The molecule has 4 rings (SSSR count). The van der Waals surface area contributed by atoms with Gasteiger partial charge in [-0.3, -0.25) is 0 Å². The van der Waals surface area contributed by atoms with Gasteiger partial charge in [-0.05, 0) is 23.6 Å². The lowest BCUT2D eigenvalue weighted by molar-refractivity contribution is 0.142. The van der Waals surface area contributed by atoms with Gasteiger partial charge in [-0.25, -0.2) is 4.79 Å². The largest absolute Gasteiger partial charge is 0.465 e. The molecule has 0 aliphatic carbocycles. The molecule has 1 N–H and O–H groups in total. The highest BCUT2D eigenvalue weighted by atomic mass is 32.1. The molecule has 23 heavy (non-hydrogen) atoms. The lowest BCUT2D eigenvalue weighted by atomic mass is 10.2. The third-order valence-corrected chi connectivity index (χ3v) is 5.04. The molecule has 5 nitrogen and oxygen atoms in total. The molecular formula is C17H17N3O2S. The monoisotopic (exact) mass is 327 g/mol. The number of benzene rings is 1. The number of carbonyl (C=O) groups is 1. The fourth-order valence-electron chi connectivity index (χ4n) is 3.18. The second-order valence-corrected chi connectivity index (χ2v) is 6.42. The van der Waals surface area contributed by atoms with Crippen LogP contribution in [0.15, 0.2) is 47.3 Å². The zero-order valence-corrected chi connectivity index (χ0v) is 13.4. The van der Waals surface area contributed by atoms with Crippen molar-refractivity contribution in [2.45, 2.75) is 0 Å². The molecule has 1 fully saturated rings. The molecule has 0 saturated carbocycles. The Morgan fingerprint density at radius 1 is 1.09 bits per heavy atom. The summed E-state index contributed by atoms with van der Waals surface area (Å²) in [6, 6.07) is 10.6. The summed E-state index contributed by atoms with van der Waals surface area (Å²) in [6.45, 7) is 2.54. The Balaban J connectivity index is 1.73. The van der Waals surface area contributed by atoms with E-state index < -0.39 is 6.09 Å². The van der Waals surface area contributed by atoms with Crippen molar-refractivity contribution in [3.8, 4) is 5.69 Å². The second kappa shape index (κ2) is 5.62. The van der Waals surface area contributed by atoms with Crippen molar-refractivity contribution >= 4 is 34.0 Å². The normalized spacial score (nSPS) is 15.3. The molecule has 118 valence electrons. The Kier molecular flexibility index (Phi) is 3.46. The number of carboxylic acid groups (broad SMARTS) is 1. The number of amides is 1. The molecule has 1 saturated heterocycles. The van der Waals surface area contributed by atoms with Gasteiger partial charge >= 0.3 is 6.09 Å². The van der Waals surface area contributed by atoms with Crippen molar-refractivity contribution in [3.63, 3.8) is 0 Å². The fraction of sp³-hybridized carbons (Fsp3) is 0.235. The van der Waals surface area contributed by atoms with Crippen molar-refractivity contribution in [1.29, 1.82) is 0 Å². The van der Waals surface area contributed by atoms with Crippen molar-refractivity contribution < 1.29 is 9.90 Å². The van der Waals surface area contributed by atoms with Gasteiger partial charge in [0, 0.05) is 43.1 Å². The molecule has 1 aromatic carbocycles. The van der Waals surface area contributed by atoms with Crippen LogP contribution < -0.4 is 4.90 Å². The van der Waals surface area contributed by atoms with Crippen LogP contribution in [0.2, 0.25) is 0 Å². The van der Waals surface area contributed by atoms with E-state index in [-0.39, 0.29) is 0 Å². The Morgan fingerprint density at radius 2 is 1.91 bits per heavy atom. The maximum atomic E-state index is 11.1. The van der Waals surface area contributed by atoms with Crippen molar-refractivity contribution in [3.05, 3.63) is 47.3 Å². The quantitative estimate of drug-likeness (QED) is 0.784. The molecule has 1 aliphatic rings. The molecule has 1 aliphatic heterocycles. The SMILES string of the molecule is O=C(O)N1CCN(c2cccc3ccn(-c4ccsc4)c23)CC1. The Hall–Kier alpha value is -2.47. The number of aromatic nitrogens is 1. The smallest absolute Gasteiger partial charge is 0.407 e. The first-order valence-corrected chi connectivity index (χ1v) is 8.54. The average Bonchev–Trinajstić information content (AvgIpc) is 3.23. The number of piperazine rings is 1. The highest BCUT2D eigenvalue weighted by Crippen LogP contribution is 2.31. The van der Waals surface area contributed by atoms with Gasteiger partial charge in [-0.2, -0.15) is 11.3 Å². The van der Waals surface area contributed by atoms with Gasteiger partial charge in [0.2, 0.25) is 0 Å². The molecular weight excluding hydrogens is 310 g/mol. The van der Waals surface area contributed by atoms with Crippen LogP contribution in [0.1, 0.15) is 0 Å². The van der Waals surface area contributed by atoms with Crippen molar-refractivity contribution in [2.75, 3.05) is 31.1 Å². The molecule has 0 spiro atoms. The molecule has 6 heteroatoms. The Bertz CT molecular complexity index is 833. The van der Waals surface area contributed by atoms with Gasteiger partial charge in [-0.1, -0.05) is 12.1 Å². The predicted octanol–water partition coefficient (Wildman–Crippen LogP) is 3.49. The van der Waals surface area contributed by atoms with Crippen LogP contribution in [0.3, 0.4) is 0 Å². The van der Waals surface area contributed by atoms with Crippen LogP contribution in [0.4, 0.5) is 10.5 Å². The zero-order chi connectivity index (χ0) is 15.8. The van der Waals surface area contributed by atoms with Crippen LogP contribution in [0.25, 0.3) is 16.6 Å². The maximum absolute atomic E-state index is 11.1. The number of nitrogens with zero attached hydrogens (tertiary/aromatic N) is 3. The highest BCUT2D eigenvalue weighted by Gasteiger charge is 2.22. The van der Waals surface area contributed by atoms with Crippen LogP contribution >= 0.6 is 11.3 Å². The van der Waals surface area contributed by atoms with Gasteiger partial charge in [-0.15, -0.1) is 0 Å². The first-order valence-electron chi connectivity index (χ1n) is 7.59. The summed E-state index contributed by atoms with van der Waals surface area (Å²) in [5.74, 6) is 0. The first-order chi connectivity index (χ1) is 11.2. The molecule has 2 aromatic heterocycles. The van der Waals surface area contributed by atoms with Crippen LogP contribution in [0, 0.1) is 0 Å². The number of rotatable bonds is 2. The molecule has 0 atom stereocenters. The number of fused-ring (bicyclic) bond motifs is 1. The van der Waals surface area contributed by atoms with Gasteiger partial charge in [0.05, 0.1) is 16.9 Å². The summed E-state index contributed by atoms with van der Waals surface area (Å²) in [5, 5.41) is 14.5. The van der Waals surface area contributed by atoms with E-state index in [1.807, 2.05) is 0 Å². The number of hydrogen-bond donors (Lipinski definition) is 1. The third-order valence-electron chi connectivity index (χ3n) is 4.37. The topological polar surface area (TPSA) is 48.7 Å². The average molecular weight is 327 g/mol. The summed E-state index contributed by atoms with van der Waals surface area (Å²) in [4.78, 5) is 14.8. The minimum Gasteiger partial charge on any atom is -0.465 e. The highest BCUT2D eigenvalue weighted by molar-refractivity contribution is 7.08. The van der Waals surface area contributed by atoms with Gasteiger partial charge in [0.15, 0.2) is 0 Å².